The first-order chi connectivity index (χ1) is 6.88. The molecule has 0 aromatic rings. The summed E-state index contributed by atoms with van der Waals surface area (Å²) in [6, 6.07) is 0. The predicted octanol–water partition coefficient (Wildman–Crippen LogP) is 4.73. The third-order valence-corrected chi connectivity index (χ3v) is 0.779. The molecule has 0 unspecified atom stereocenters. The molecular formula is C14H28OWY-2. The molecule has 0 saturated heterocycles. The van der Waals surface area contributed by atoms with Gasteiger partial charge in [0.05, 0.1) is 0 Å². The third kappa shape index (κ3) is 140. The van der Waals surface area contributed by atoms with Crippen LogP contribution in [0.15, 0.2) is 0 Å². The average Bonchev–Trinajstić information content (AvgIpc) is 2.03. The normalized spacial score (nSPS) is 7.82. The Hall–Kier alpha value is 1.46. The van der Waals surface area contributed by atoms with Gasteiger partial charge >= 0.3 is 21.1 Å². The molecule has 101 valence electrons. The van der Waals surface area contributed by atoms with Crippen LogP contribution in [0.3, 0.4) is 0 Å². The zero-order valence-electron chi connectivity index (χ0n) is 12.4. The van der Waals surface area contributed by atoms with Crippen LogP contribution < -0.4 is 0 Å². The molecule has 0 bridgehead atoms. The summed E-state index contributed by atoms with van der Waals surface area (Å²) in [6.07, 6.45) is 5.34. The van der Waals surface area contributed by atoms with Crippen molar-refractivity contribution in [1.82, 2.24) is 0 Å². The Kier molecular flexibility index (Phi) is 55.7. The second-order valence-corrected chi connectivity index (χ2v) is 4.45. The molecule has 0 N–H and O–H groups in total. The predicted molar refractivity (Wildman–Crippen MR) is 70.0 cm³/mol. The largest absolute Gasteiger partial charge is 2.00 e. The molecule has 17 heavy (non-hydrogen) atoms. The molecule has 0 rings (SSSR count). The standard InChI is InChI=1S/C6H10O.2C4H9.W.Y/c1-2-3-4-5-6-7;2*1-4(2)3;;/h1-5H2;2*1-3H3;;/q-2;2*-1;+2;. The monoisotopic (exact) mass is 485 g/mol. The number of rotatable bonds is 4. The van der Waals surface area contributed by atoms with Crippen molar-refractivity contribution >= 4 is 6.29 Å². The maximum Gasteiger partial charge on any atom is 2.00 e. The summed E-state index contributed by atoms with van der Waals surface area (Å²) in [5, 5.41) is 0. The molecule has 0 fully saturated rings. The number of hydrogen-bond donors (Lipinski definition) is 0. The Balaban J connectivity index is -0.0000000425. The summed E-state index contributed by atoms with van der Waals surface area (Å²) in [5.74, 6) is 2.83. The first-order valence-electron chi connectivity index (χ1n) is 5.56. The zero-order chi connectivity index (χ0) is 12.7. The van der Waals surface area contributed by atoms with Gasteiger partial charge in [-0.15, -0.1) is 0 Å². The summed E-state index contributed by atoms with van der Waals surface area (Å²) in [6.45, 7) is 16.1. The zero-order valence-corrected chi connectivity index (χ0v) is 18.2. The quantitative estimate of drug-likeness (QED) is 0.416. The van der Waals surface area contributed by atoms with E-state index >= 15 is 0 Å². The Bertz CT molecular complexity index is 94.9. The van der Waals surface area contributed by atoms with Gasteiger partial charge in [0, 0.05) is 32.7 Å². The van der Waals surface area contributed by atoms with E-state index < -0.39 is 0 Å². The summed E-state index contributed by atoms with van der Waals surface area (Å²) >= 11 is 0. The van der Waals surface area contributed by atoms with Crippen molar-refractivity contribution in [2.24, 2.45) is 0 Å². The van der Waals surface area contributed by atoms with E-state index in [1.165, 1.54) is 11.8 Å². The second kappa shape index (κ2) is 30.5. The van der Waals surface area contributed by atoms with Gasteiger partial charge in [0.2, 0.25) is 0 Å². The van der Waals surface area contributed by atoms with E-state index in [-0.39, 0.29) is 53.8 Å². The van der Waals surface area contributed by atoms with Gasteiger partial charge < -0.3 is 23.6 Å². The number of unbranched alkanes of at least 4 members (excludes halogenated alkanes) is 3. The van der Waals surface area contributed by atoms with Crippen molar-refractivity contribution in [1.29, 1.82) is 0 Å². The minimum atomic E-state index is 0. The Morgan fingerprint density at radius 2 is 1.24 bits per heavy atom. The maximum atomic E-state index is 9.53. The smallest absolute Gasteiger partial charge is 0.542 e. The van der Waals surface area contributed by atoms with Gasteiger partial charge in [-0.1, -0.05) is 12.8 Å². The van der Waals surface area contributed by atoms with E-state index in [4.69, 9.17) is 0 Å². The van der Waals surface area contributed by atoms with E-state index in [1.54, 1.807) is 0 Å². The molecule has 0 spiro atoms. The van der Waals surface area contributed by atoms with Gasteiger partial charge in [0.15, 0.2) is 0 Å². The number of hydrogen-bond acceptors (Lipinski definition) is 1. The molecule has 0 heterocycles. The van der Waals surface area contributed by atoms with E-state index in [2.05, 4.69) is 48.5 Å². The minimum Gasteiger partial charge on any atom is -0.542 e. The summed E-state index contributed by atoms with van der Waals surface area (Å²) in [4.78, 5) is 9.53. The van der Waals surface area contributed by atoms with E-state index in [0.29, 0.717) is 6.42 Å². The van der Waals surface area contributed by atoms with Crippen molar-refractivity contribution in [3.8, 4) is 0 Å². The average molecular weight is 485 g/mol. The molecule has 0 aliphatic carbocycles. The topological polar surface area (TPSA) is 17.1 Å². The fourth-order valence-corrected chi connectivity index (χ4v) is 0.374. The van der Waals surface area contributed by atoms with Gasteiger partial charge in [0.1, 0.15) is 0 Å². The summed E-state index contributed by atoms with van der Waals surface area (Å²) < 4.78 is 0. The molecular weight excluding hydrogens is 457 g/mol. The van der Waals surface area contributed by atoms with Gasteiger partial charge in [-0.25, -0.2) is 0 Å². The van der Waals surface area contributed by atoms with Crippen LogP contribution in [0, 0.1) is 18.8 Å². The summed E-state index contributed by atoms with van der Waals surface area (Å²) in [7, 11) is 0. The van der Waals surface area contributed by atoms with E-state index in [9.17, 15) is 4.79 Å². The molecule has 1 nitrogen and oxygen atoms in total. The van der Waals surface area contributed by atoms with Crippen LogP contribution in [0.2, 0.25) is 0 Å². The van der Waals surface area contributed by atoms with Crippen molar-refractivity contribution < 1.29 is 58.6 Å². The Morgan fingerprint density at radius 1 is 0.941 bits per heavy atom. The molecule has 0 atom stereocenters. The van der Waals surface area contributed by atoms with Crippen molar-refractivity contribution in [3.63, 3.8) is 0 Å². The van der Waals surface area contributed by atoms with Crippen LogP contribution in [0.25, 0.3) is 0 Å². The number of carbonyl (C=O) groups excluding carboxylic acids is 1. The fourth-order valence-electron chi connectivity index (χ4n) is 0.374. The van der Waals surface area contributed by atoms with Crippen LogP contribution in [0.5, 0.6) is 0 Å². The van der Waals surface area contributed by atoms with Gasteiger partial charge in [-0.2, -0.15) is 54.4 Å². The third-order valence-electron chi connectivity index (χ3n) is 0.779. The van der Waals surface area contributed by atoms with E-state index in [0.717, 1.165) is 19.3 Å². The molecule has 0 aliphatic heterocycles. The summed E-state index contributed by atoms with van der Waals surface area (Å²) in [5.41, 5.74) is 0. The van der Waals surface area contributed by atoms with Crippen LogP contribution in [0.4, 0.5) is 0 Å². The van der Waals surface area contributed by atoms with Crippen LogP contribution in [-0.2, 0) is 58.6 Å². The van der Waals surface area contributed by atoms with Crippen molar-refractivity contribution in [2.75, 3.05) is 0 Å². The minimum absolute atomic E-state index is 0. The van der Waals surface area contributed by atoms with Gasteiger partial charge in [-0.05, 0) is 0 Å². The first kappa shape index (κ1) is 31.1. The molecule has 0 aromatic carbocycles. The van der Waals surface area contributed by atoms with Crippen LogP contribution in [-0.4, -0.2) is 6.29 Å². The Morgan fingerprint density at radius 3 is 1.41 bits per heavy atom. The molecule has 3 heteroatoms. The second-order valence-electron chi connectivity index (χ2n) is 4.45. The van der Waals surface area contributed by atoms with Crippen molar-refractivity contribution in [3.05, 3.63) is 18.8 Å². The Labute approximate surface area is 149 Å². The fraction of sp³-hybridized carbons (Fsp3) is 0.714. The van der Waals surface area contributed by atoms with Gasteiger partial charge in [-0.3, -0.25) is 6.29 Å². The first-order valence-corrected chi connectivity index (χ1v) is 5.56. The molecule has 0 amide bonds. The van der Waals surface area contributed by atoms with Crippen molar-refractivity contribution in [2.45, 2.75) is 67.2 Å². The molecule has 1 radical (unpaired) electrons. The molecule has 0 saturated carbocycles. The SMILES string of the molecule is C[C-](C)C.C[C-](C)C.[CH2-]CCCC[C-]=O.[W+2].[Y]. The molecule has 0 aromatic heterocycles. The van der Waals surface area contributed by atoms with Crippen LogP contribution in [0.1, 0.15) is 67.2 Å². The maximum absolute atomic E-state index is 9.53. The van der Waals surface area contributed by atoms with E-state index in [1.807, 2.05) is 6.29 Å². The van der Waals surface area contributed by atoms with Gasteiger partial charge in [0.25, 0.3) is 0 Å². The molecule has 0 aliphatic rings. The van der Waals surface area contributed by atoms with Crippen LogP contribution >= 0.6 is 0 Å².